The Morgan fingerprint density at radius 1 is 0.926 bits per heavy atom. The lowest BCUT2D eigenvalue weighted by atomic mass is 10.1. The van der Waals surface area contributed by atoms with Gasteiger partial charge in [-0.1, -0.05) is 34.1 Å². The van der Waals surface area contributed by atoms with Crippen LogP contribution in [0.15, 0.2) is 42.5 Å². The van der Waals surface area contributed by atoms with E-state index in [0.29, 0.717) is 23.0 Å². The monoisotopic (exact) mass is 438 g/mol. The fourth-order valence-corrected chi connectivity index (χ4v) is 3.04. The molecule has 2 atom stereocenters. The first-order valence-electron chi connectivity index (χ1n) is 8.29. The van der Waals surface area contributed by atoms with Crippen LogP contribution < -0.4 is 18.9 Å². The van der Waals surface area contributed by atoms with Crippen molar-refractivity contribution >= 4 is 21.9 Å². The quantitative estimate of drug-likeness (QED) is 0.432. The maximum absolute atomic E-state index is 11.3. The van der Waals surface area contributed by atoms with E-state index in [0.717, 1.165) is 5.56 Å². The highest BCUT2D eigenvalue weighted by molar-refractivity contribution is 9.09. The highest BCUT2D eigenvalue weighted by atomic mass is 79.9. The average Bonchev–Trinajstić information content (AvgIpc) is 2.70. The zero-order valence-corrected chi connectivity index (χ0v) is 17.3. The number of hydrogen-bond donors (Lipinski definition) is 0. The zero-order valence-electron chi connectivity index (χ0n) is 15.7. The van der Waals surface area contributed by atoms with Crippen LogP contribution in [0.5, 0.6) is 23.0 Å². The minimum Gasteiger partial charge on any atom is -0.493 e. The Hall–Kier alpha value is -2.41. The van der Waals surface area contributed by atoms with Crippen molar-refractivity contribution in [3.8, 4) is 23.0 Å². The second kappa shape index (κ2) is 10.1. The molecule has 2 rings (SSSR count). The molecule has 0 saturated carbocycles. The average molecular weight is 439 g/mol. The van der Waals surface area contributed by atoms with Crippen LogP contribution in [0.1, 0.15) is 17.3 Å². The van der Waals surface area contributed by atoms with Gasteiger partial charge in [0.1, 0.15) is 12.7 Å². The van der Waals surface area contributed by atoms with Gasteiger partial charge in [-0.2, -0.15) is 0 Å². The van der Waals surface area contributed by atoms with Gasteiger partial charge in [0.2, 0.25) is 0 Å². The Labute approximate surface area is 167 Å². The second-order valence-electron chi connectivity index (χ2n) is 5.63. The summed E-state index contributed by atoms with van der Waals surface area (Å²) in [6.45, 7) is 1.43. The standard InChI is InChI=1S/C20H23BrO6/c1-13(22)26-12-19(27-17-8-6-5-7-15(17)23-2)20(21)14-9-10-16(24-3)18(11-14)25-4/h5-11,19-20H,12H2,1-4H3/t19-,20-/m1/s1. The number of esters is 1. The molecule has 0 aliphatic heterocycles. The van der Waals surface area contributed by atoms with E-state index in [-0.39, 0.29) is 17.4 Å². The van der Waals surface area contributed by atoms with E-state index < -0.39 is 6.10 Å². The molecule has 0 spiro atoms. The second-order valence-corrected chi connectivity index (χ2v) is 6.61. The lowest BCUT2D eigenvalue weighted by Gasteiger charge is -2.25. The Bertz CT molecular complexity index is 764. The summed E-state index contributed by atoms with van der Waals surface area (Å²) in [7, 11) is 4.73. The summed E-state index contributed by atoms with van der Waals surface area (Å²) in [5, 5.41) is 0. The molecular formula is C20H23BrO6. The van der Waals surface area contributed by atoms with E-state index in [1.54, 1.807) is 33.5 Å². The van der Waals surface area contributed by atoms with E-state index in [9.17, 15) is 4.79 Å². The molecule has 2 aromatic rings. The van der Waals surface area contributed by atoms with Crippen molar-refractivity contribution in [1.82, 2.24) is 0 Å². The minimum atomic E-state index is -0.497. The molecule has 0 aliphatic carbocycles. The van der Waals surface area contributed by atoms with Crippen molar-refractivity contribution in [2.45, 2.75) is 17.9 Å². The number of methoxy groups -OCH3 is 3. The number of hydrogen-bond acceptors (Lipinski definition) is 6. The lowest BCUT2D eigenvalue weighted by molar-refractivity contribution is -0.143. The topological polar surface area (TPSA) is 63.2 Å². The highest BCUT2D eigenvalue weighted by Crippen LogP contribution is 2.37. The molecule has 0 bridgehead atoms. The van der Waals surface area contributed by atoms with Crippen LogP contribution >= 0.6 is 15.9 Å². The number of para-hydroxylation sites is 2. The Kier molecular flexibility index (Phi) is 7.79. The van der Waals surface area contributed by atoms with Crippen molar-refractivity contribution in [2.24, 2.45) is 0 Å². The Balaban J connectivity index is 2.30. The summed E-state index contributed by atoms with van der Waals surface area (Å²) in [6.07, 6.45) is -0.497. The van der Waals surface area contributed by atoms with Gasteiger partial charge in [0.15, 0.2) is 23.0 Å². The van der Waals surface area contributed by atoms with Crippen LogP contribution in [0.25, 0.3) is 0 Å². The fourth-order valence-electron chi connectivity index (χ4n) is 2.50. The molecule has 0 N–H and O–H groups in total. The van der Waals surface area contributed by atoms with E-state index in [2.05, 4.69) is 15.9 Å². The highest BCUT2D eigenvalue weighted by Gasteiger charge is 2.26. The Morgan fingerprint density at radius 3 is 2.11 bits per heavy atom. The smallest absolute Gasteiger partial charge is 0.302 e. The summed E-state index contributed by atoms with van der Waals surface area (Å²) in [6, 6.07) is 12.9. The summed E-state index contributed by atoms with van der Waals surface area (Å²) >= 11 is 3.66. The molecule has 0 unspecified atom stereocenters. The molecule has 2 aromatic carbocycles. The van der Waals surface area contributed by atoms with Crippen molar-refractivity contribution in [1.29, 1.82) is 0 Å². The summed E-state index contributed by atoms with van der Waals surface area (Å²) < 4.78 is 27.3. The first kappa shape index (κ1) is 20.9. The van der Waals surface area contributed by atoms with Crippen molar-refractivity contribution in [3.63, 3.8) is 0 Å². The molecule has 7 heteroatoms. The van der Waals surface area contributed by atoms with Crippen LogP contribution in [0.2, 0.25) is 0 Å². The van der Waals surface area contributed by atoms with Gasteiger partial charge in [-0.15, -0.1) is 0 Å². The van der Waals surface area contributed by atoms with Crippen LogP contribution in [-0.4, -0.2) is 40.0 Å². The van der Waals surface area contributed by atoms with Crippen molar-refractivity contribution in [2.75, 3.05) is 27.9 Å². The number of carbonyl (C=O) groups is 1. The van der Waals surface area contributed by atoms with Crippen molar-refractivity contribution < 1.29 is 28.5 Å². The first-order chi connectivity index (χ1) is 13.0. The van der Waals surface area contributed by atoms with Gasteiger partial charge in [0.05, 0.1) is 26.2 Å². The predicted molar refractivity (Wildman–Crippen MR) is 105 cm³/mol. The van der Waals surface area contributed by atoms with Gasteiger partial charge in [0.25, 0.3) is 0 Å². The molecule has 0 saturated heterocycles. The van der Waals surface area contributed by atoms with E-state index in [1.165, 1.54) is 6.92 Å². The third-order valence-corrected chi connectivity index (χ3v) is 4.97. The molecule has 27 heavy (non-hydrogen) atoms. The van der Waals surface area contributed by atoms with Crippen LogP contribution in [0, 0.1) is 0 Å². The van der Waals surface area contributed by atoms with Crippen LogP contribution in [0.4, 0.5) is 0 Å². The maximum Gasteiger partial charge on any atom is 0.302 e. The molecular weight excluding hydrogens is 416 g/mol. The largest absolute Gasteiger partial charge is 0.493 e. The molecule has 0 aromatic heterocycles. The molecule has 0 heterocycles. The number of carbonyl (C=O) groups excluding carboxylic acids is 1. The number of ether oxygens (including phenoxy) is 5. The molecule has 0 fully saturated rings. The van der Waals surface area contributed by atoms with E-state index in [4.69, 9.17) is 23.7 Å². The van der Waals surface area contributed by atoms with Gasteiger partial charge in [-0.3, -0.25) is 4.79 Å². The van der Waals surface area contributed by atoms with Crippen LogP contribution in [-0.2, 0) is 9.53 Å². The molecule has 0 aliphatic rings. The van der Waals surface area contributed by atoms with Gasteiger partial charge in [-0.05, 0) is 29.8 Å². The number of benzene rings is 2. The summed E-state index contributed by atoms with van der Waals surface area (Å²) in [5.74, 6) is 2.00. The number of halogens is 1. The fraction of sp³-hybridized carbons (Fsp3) is 0.350. The van der Waals surface area contributed by atoms with Crippen molar-refractivity contribution in [3.05, 3.63) is 48.0 Å². The molecule has 0 amide bonds. The minimum absolute atomic E-state index is 0.0671. The normalized spacial score (nSPS) is 12.6. The molecule has 6 nitrogen and oxygen atoms in total. The third kappa shape index (κ3) is 5.53. The number of alkyl halides is 1. The summed E-state index contributed by atoms with van der Waals surface area (Å²) in [5.41, 5.74) is 0.889. The predicted octanol–water partition coefficient (Wildman–Crippen LogP) is 4.16. The van der Waals surface area contributed by atoms with Gasteiger partial charge >= 0.3 is 5.97 Å². The zero-order chi connectivity index (χ0) is 19.8. The number of rotatable bonds is 9. The van der Waals surface area contributed by atoms with Crippen LogP contribution in [0.3, 0.4) is 0 Å². The summed E-state index contributed by atoms with van der Waals surface area (Å²) in [4.78, 5) is 11.0. The maximum atomic E-state index is 11.3. The van der Waals surface area contributed by atoms with Gasteiger partial charge in [-0.25, -0.2) is 0 Å². The Morgan fingerprint density at radius 2 is 1.52 bits per heavy atom. The van der Waals surface area contributed by atoms with Gasteiger partial charge in [0, 0.05) is 6.92 Å². The SMILES string of the molecule is COc1ccc([C@@H](Br)[C@@H](COC(C)=O)Oc2ccccc2OC)cc1OC. The van der Waals surface area contributed by atoms with E-state index >= 15 is 0 Å². The van der Waals surface area contributed by atoms with E-state index in [1.807, 2.05) is 30.3 Å². The third-order valence-electron chi connectivity index (χ3n) is 3.85. The molecule has 0 radical (unpaired) electrons. The molecule has 146 valence electrons. The lowest BCUT2D eigenvalue weighted by Crippen LogP contribution is -2.29. The van der Waals surface area contributed by atoms with Gasteiger partial charge < -0.3 is 23.7 Å². The first-order valence-corrected chi connectivity index (χ1v) is 9.20.